The van der Waals surface area contributed by atoms with Crippen LogP contribution in [0.4, 0.5) is 0 Å². The van der Waals surface area contributed by atoms with Gasteiger partial charge >= 0.3 is 0 Å². The number of piperidine rings is 2. The van der Waals surface area contributed by atoms with E-state index in [9.17, 15) is 0 Å². The summed E-state index contributed by atoms with van der Waals surface area (Å²) in [7, 11) is 0. The molecule has 2 aliphatic heterocycles. The molecule has 2 fully saturated rings. The second-order valence-corrected chi connectivity index (χ2v) is 5.59. The Kier molecular flexibility index (Phi) is 4.22. The van der Waals surface area contributed by atoms with E-state index in [1.807, 2.05) is 0 Å². The molecule has 2 rings (SSSR count). The van der Waals surface area contributed by atoms with E-state index in [2.05, 4.69) is 23.6 Å². The molecule has 2 atom stereocenters. The lowest BCUT2D eigenvalue weighted by Crippen LogP contribution is -2.53. The van der Waals surface area contributed by atoms with Crippen molar-refractivity contribution in [1.29, 1.82) is 0 Å². The minimum absolute atomic E-state index is 0.401. The van der Waals surface area contributed by atoms with Crippen LogP contribution in [0.3, 0.4) is 0 Å². The second kappa shape index (κ2) is 5.48. The van der Waals surface area contributed by atoms with E-state index in [1.54, 1.807) is 0 Å². The molecule has 2 N–H and O–H groups in total. The molecule has 3 nitrogen and oxygen atoms in total. The van der Waals surface area contributed by atoms with E-state index in [-0.39, 0.29) is 0 Å². The smallest absolute Gasteiger partial charge is 0.0194 e. The maximum absolute atomic E-state index is 6.18. The fourth-order valence-electron chi connectivity index (χ4n) is 3.06. The number of hydrogen-bond acceptors (Lipinski definition) is 3. The van der Waals surface area contributed by atoms with Crippen molar-refractivity contribution >= 4 is 0 Å². The first-order valence-corrected chi connectivity index (χ1v) is 6.92. The Balaban J connectivity index is 1.81. The molecule has 0 aromatic rings. The molecule has 0 radical (unpaired) electrons. The van der Waals surface area contributed by atoms with Gasteiger partial charge in [0.15, 0.2) is 0 Å². The quantitative estimate of drug-likeness (QED) is 0.765. The third kappa shape index (κ3) is 2.76. The second-order valence-electron chi connectivity index (χ2n) is 5.59. The average Bonchev–Trinajstić information content (AvgIpc) is 2.33. The molecule has 2 saturated heterocycles. The lowest BCUT2D eigenvalue weighted by atomic mass is 9.91. The van der Waals surface area contributed by atoms with Crippen molar-refractivity contribution < 1.29 is 0 Å². The van der Waals surface area contributed by atoms with E-state index in [0.29, 0.717) is 12.0 Å². The number of rotatable bonds is 2. The molecule has 0 amide bonds. The van der Waals surface area contributed by atoms with E-state index in [4.69, 9.17) is 5.73 Å². The number of nitrogens with two attached hydrogens (primary N) is 1. The van der Waals surface area contributed by atoms with Crippen molar-refractivity contribution in [2.24, 2.45) is 11.7 Å². The van der Waals surface area contributed by atoms with Gasteiger partial charge < -0.3 is 10.6 Å². The summed E-state index contributed by atoms with van der Waals surface area (Å²) in [6.07, 6.45) is 3.97. The largest absolute Gasteiger partial charge is 0.326 e. The predicted octanol–water partition coefficient (Wildman–Crippen LogP) is 1.14. The lowest BCUT2D eigenvalue weighted by molar-refractivity contribution is 0.0726. The monoisotopic (exact) mass is 225 g/mol. The van der Waals surface area contributed by atoms with Crippen molar-refractivity contribution in [2.75, 3.05) is 32.7 Å². The SMILES string of the molecule is CCN1CCC(N2CCC(C)C(N)C2)CC1. The van der Waals surface area contributed by atoms with Gasteiger partial charge in [-0.05, 0) is 51.4 Å². The standard InChI is InChI=1S/C13H27N3/c1-3-15-7-5-12(6-8-15)16-9-4-11(2)13(14)10-16/h11-13H,3-10,14H2,1-2H3. The number of hydrogen-bond donors (Lipinski definition) is 1. The van der Waals surface area contributed by atoms with Crippen molar-refractivity contribution in [2.45, 2.75) is 45.2 Å². The molecule has 0 aromatic carbocycles. The molecule has 94 valence electrons. The minimum atomic E-state index is 0.401. The van der Waals surface area contributed by atoms with Gasteiger partial charge in [-0.1, -0.05) is 13.8 Å². The summed E-state index contributed by atoms with van der Waals surface area (Å²) in [5.41, 5.74) is 6.18. The zero-order valence-electron chi connectivity index (χ0n) is 10.9. The summed E-state index contributed by atoms with van der Waals surface area (Å²) in [6, 6.07) is 1.21. The minimum Gasteiger partial charge on any atom is -0.326 e. The summed E-state index contributed by atoms with van der Waals surface area (Å²) < 4.78 is 0. The Morgan fingerprint density at radius 1 is 1.12 bits per heavy atom. The van der Waals surface area contributed by atoms with Crippen LogP contribution in [0.2, 0.25) is 0 Å². The van der Waals surface area contributed by atoms with Gasteiger partial charge in [-0.15, -0.1) is 0 Å². The fourth-order valence-corrected chi connectivity index (χ4v) is 3.06. The summed E-state index contributed by atoms with van der Waals surface area (Å²) >= 11 is 0. The highest BCUT2D eigenvalue weighted by Crippen LogP contribution is 2.22. The van der Waals surface area contributed by atoms with Gasteiger partial charge in [0, 0.05) is 18.6 Å². The molecule has 0 spiro atoms. The Bertz CT molecular complexity index is 211. The topological polar surface area (TPSA) is 32.5 Å². The Hall–Kier alpha value is -0.120. The highest BCUT2D eigenvalue weighted by atomic mass is 15.2. The molecule has 0 saturated carbocycles. The maximum Gasteiger partial charge on any atom is 0.0194 e. The Labute approximate surface area is 100.0 Å². The molecular weight excluding hydrogens is 198 g/mol. The van der Waals surface area contributed by atoms with Gasteiger partial charge in [-0.2, -0.15) is 0 Å². The van der Waals surface area contributed by atoms with Crippen LogP contribution in [0, 0.1) is 5.92 Å². The third-order valence-corrected chi connectivity index (χ3v) is 4.57. The molecule has 2 unspecified atom stereocenters. The fraction of sp³-hybridized carbons (Fsp3) is 1.00. The van der Waals surface area contributed by atoms with Crippen molar-refractivity contribution in [3.63, 3.8) is 0 Å². The van der Waals surface area contributed by atoms with Gasteiger partial charge in [0.25, 0.3) is 0 Å². The number of likely N-dealkylation sites (tertiary alicyclic amines) is 2. The first-order valence-electron chi connectivity index (χ1n) is 6.92. The van der Waals surface area contributed by atoms with E-state index in [0.717, 1.165) is 12.6 Å². The first-order chi connectivity index (χ1) is 7.70. The summed E-state index contributed by atoms with van der Waals surface area (Å²) in [4.78, 5) is 5.21. The maximum atomic E-state index is 6.18. The first kappa shape index (κ1) is 12.3. The van der Waals surface area contributed by atoms with Crippen LogP contribution in [-0.2, 0) is 0 Å². The van der Waals surface area contributed by atoms with E-state index in [1.165, 1.54) is 45.4 Å². The highest BCUT2D eigenvalue weighted by Gasteiger charge is 2.29. The van der Waals surface area contributed by atoms with Crippen molar-refractivity contribution in [1.82, 2.24) is 9.80 Å². The molecule has 0 bridgehead atoms. The number of nitrogens with zero attached hydrogens (tertiary/aromatic N) is 2. The lowest BCUT2D eigenvalue weighted by Gasteiger charge is -2.43. The van der Waals surface area contributed by atoms with Crippen molar-refractivity contribution in [3.8, 4) is 0 Å². The van der Waals surface area contributed by atoms with Crippen LogP contribution in [0.5, 0.6) is 0 Å². The molecule has 3 heteroatoms. The van der Waals surface area contributed by atoms with Crippen LogP contribution < -0.4 is 5.73 Å². The zero-order valence-corrected chi connectivity index (χ0v) is 10.9. The van der Waals surface area contributed by atoms with Gasteiger partial charge in [-0.3, -0.25) is 4.90 Å². The van der Waals surface area contributed by atoms with Crippen LogP contribution in [0.1, 0.15) is 33.1 Å². The van der Waals surface area contributed by atoms with Crippen molar-refractivity contribution in [3.05, 3.63) is 0 Å². The van der Waals surface area contributed by atoms with Crippen LogP contribution in [0.25, 0.3) is 0 Å². The third-order valence-electron chi connectivity index (χ3n) is 4.57. The molecular formula is C13H27N3. The van der Waals surface area contributed by atoms with Gasteiger partial charge in [-0.25, -0.2) is 0 Å². The van der Waals surface area contributed by atoms with Crippen LogP contribution >= 0.6 is 0 Å². The van der Waals surface area contributed by atoms with Gasteiger partial charge in [0.1, 0.15) is 0 Å². The molecule has 2 aliphatic rings. The molecule has 16 heavy (non-hydrogen) atoms. The molecule has 0 aromatic heterocycles. The van der Waals surface area contributed by atoms with E-state index < -0.39 is 0 Å². The predicted molar refractivity (Wildman–Crippen MR) is 68.5 cm³/mol. The zero-order chi connectivity index (χ0) is 11.5. The summed E-state index contributed by atoms with van der Waals surface area (Å²) in [5.74, 6) is 0.715. The van der Waals surface area contributed by atoms with Gasteiger partial charge in [0.05, 0.1) is 0 Å². The average molecular weight is 225 g/mol. The highest BCUT2D eigenvalue weighted by molar-refractivity contribution is 4.87. The van der Waals surface area contributed by atoms with E-state index >= 15 is 0 Å². The normalized spacial score (nSPS) is 35.4. The van der Waals surface area contributed by atoms with Crippen LogP contribution in [0.15, 0.2) is 0 Å². The van der Waals surface area contributed by atoms with Gasteiger partial charge in [0.2, 0.25) is 0 Å². The Morgan fingerprint density at radius 2 is 1.81 bits per heavy atom. The molecule has 2 heterocycles. The summed E-state index contributed by atoms with van der Waals surface area (Å²) in [6.45, 7) is 10.7. The van der Waals surface area contributed by atoms with Crippen LogP contribution in [-0.4, -0.2) is 54.6 Å². The summed E-state index contributed by atoms with van der Waals surface area (Å²) in [5, 5.41) is 0. The Morgan fingerprint density at radius 3 is 2.38 bits per heavy atom. The molecule has 0 aliphatic carbocycles.